The molecule has 1 heteroatoms. The van der Waals surface area contributed by atoms with Gasteiger partial charge >= 0.3 is 0 Å². The zero-order chi connectivity index (χ0) is 23.7. The molecule has 1 nitrogen and oxygen atoms in total. The second-order valence-corrected chi connectivity index (χ2v) is 13.4. The van der Waals surface area contributed by atoms with Crippen molar-refractivity contribution in [1.82, 2.24) is 0 Å². The van der Waals surface area contributed by atoms with Crippen LogP contribution in [0.4, 0.5) is 0 Å². The molecule has 0 amide bonds. The Morgan fingerprint density at radius 3 is 2.47 bits per heavy atom. The Balaban J connectivity index is 1.88. The predicted octanol–water partition coefficient (Wildman–Crippen LogP) is 9.26. The van der Waals surface area contributed by atoms with Crippen LogP contribution in [0.25, 0.3) is 0 Å². The highest BCUT2D eigenvalue weighted by Gasteiger charge is 2.56. The van der Waals surface area contributed by atoms with E-state index in [2.05, 4.69) is 61.5 Å². The maximum Gasteiger partial charge on any atom is 0.0594 e. The number of aliphatic hydroxyl groups excluding tert-OH is 1. The van der Waals surface area contributed by atoms with Crippen molar-refractivity contribution >= 4 is 0 Å². The van der Waals surface area contributed by atoms with Gasteiger partial charge in [-0.1, -0.05) is 77.2 Å². The van der Waals surface area contributed by atoms with E-state index in [0.29, 0.717) is 16.7 Å². The molecule has 1 N–H and O–H groups in total. The van der Waals surface area contributed by atoms with E-state index >= 15 is 0 Å². The van der Waals surface area contributed by atoms with Gasteiger partial charge in [0.05, 0.1) is 6.10 Å². The van der Waals surface area contributed by atoms with Crippen LogP contribution in [0.1, 0.15) is 132 Å². The number of unbranched alkanes of at least 4 members (excludes halogenated alkanes) is 1. The molecule has 0 aromatic rings. The molecule has 32 heavy (non-hydrogen) atoms. The highest BCUT2D eigenvalue weighted by atomic mass is 16.3. The summed E-state index contributed by atoms with van der Waals surface area (Å²) in [5.74, 6) is 2.22. The molecule has 0 heterocycles. The molecule has 0 aromatic heterocycles. The van der Waals surface area contributed by atoms with Crippen molar-refractivity contribution in [2.45, 2.75) is 139 Å². The second-order valence-electron chi connectivity index (χ2n) is 13.4. The first kappa shape index (κ1) is 26.1. The lowest BCUT2D eigenvalue weighted by atomic mass is 9.45. The highest BCUT2D eigenvalue weighted by Crippen LogP contribution is 2.65. The molecule has 0 spiro atoms. The maximum atomic E-state index is 10.8. The summed E-state index contributed by atoms with van der Waals surface area (Å²) in [5.41, 5.74) is 6.02. The number of hydrogen-bond donors (Lipinski definition) is 1. The van der Waals surface area contributed by atoms with Gasteiger partial charge in [-0.2, -0.15) is 0 Å². The minimum absolute atomic E-state index is 0.0463. The molecule has 0 radical (unpaired) electrons. The van der Waals surface area contributed by atoms with Crippen LogP contribution in [0.2, 0.25) is 0 Å². The summed E-state index contributed by atoms with van der Waals surface area (Å²) in [5, 5.41) is 10.8. The molecule has 0 saturated heterocycles. The molecule has 1 saturated carbocycles. The van der Waals surface area contributed by atoms with Gasteiger partial charge in [-0.3, -0.25) is 0 Å². The summed E-state index contributed by atoms with van der Waals surface area (Å²) in [6, 6.07) is 0. The molecule has 184 valence electrons. The zero-order valence-corrected chi connectivity index (χ0v) is 22.8. The van der Waals surface area contributed by atoms with Crippen molar-refractivity contribution in [2.75, 3.05) is 0 Å². The Hall–Kier alpha value is -0.560. The van der Waals surface area contributed by atoms with Crippen LogP contribution in [0.5, 0.6) is 0 Å². The summed E-state index contributed by atoms with van der Waals surface area (Å²) in [6.07, 6.45) is 17.8. The van der Waals surface area contributed by atoms with E-state index in [-0.39, 0.29) is 11.5 Å². The van der Waals surface area contributed by atoms with Crippen molar-refractivity contribution in [1.29, 1.82) is 0 Å². The topological polar surface area (TPSA) is 20.2 Å². The largest absolute Gasteiger partial charge is 0.393 e. The second kappa shape index (κ2) is 9.97. The number of fused-ring (bicyclic) bond motifs is 2. The van der Waals surface area contributed by atoms with Gasteiger partial charge in [0.1, 0.15) is 0 Å². The minimum atomic E-state index is -0.130. The number of hydrogen-bond acceptors (Lipinski definition) is 1. The van der Waals surface area contributed by atoms with E-state index in [1.54, 1.807) is 0 Å². The fraction of sp³-hybridized carbons (Fsp3) is 0.871. The molecule has 3 rings (SSSR count). The van der Waals surface area contributed by atoms with Crippen molar-refractivity contribution in [3.05, 3.63) is 22.8 Å². The van der Waals surface area contributed by atoms with Crippen LogP contribution >= 0.6 is 0 Å². The molecule has 1 fully saturated rings. The monoisotopic (exact) mass is 442 g/mol. The van der Waals surface area contributed by atoms with Gasteiger partial charge in [-0.15, -0.1) is 0 Å². The third-order valence-electron chi connectivity index (χ3n) is 10.3. The van der Waals surface area contributed by atoms with Gasteiger partial charge < -0.3 is 5.11 Å². The van der Waals surface area contributed by atoms with E-state index in [1.807, 2.05) is 11.1 Å². The third-order valence-corrected chi connectivity index (χ3v) is 10.3. The van der Waals surface area contributed by atoms with E-state index in [4.69, 9.17) is 0 Å². The molecule has 0 bridgehead atoms. The Morgan fingerprint density at radius 2 is 1.81 bits per heavy atom. The quantitative estimate of drug-likeness (QED) is 0.371. The first-order valence-corrected chi connectivity index (χ1v) is 14.0. The first-order chi connectivity index (χ1) is 15.0. The Labute approximate surface area is 200 Å². The van der Waals surface area contributed by atoms with Gasteiger partial charge in [-0.25, -0.2) is 0 Å². The van der Waals surface area contributed by atoms with Crippen molar-refractivity contribution in [2.24, 2.45) is 34.0 Å². The fourth-order valence-electron chi connectivity index (χ4n) is 8.47. The standard InChI is InChI=1S/C31H54O/c1-9-10-14-25-24-15-16-27-29(5,6)28(32)18-20-31(27,8)26(24)17-19-30(25,7)21-23(4)13-11-12-22(2)3/h12,23,25,27-28,32H,9-11,13-21H2,1-8H3/t23-,25?,27+,28+,30-,31-/m1/s1. The molecule has 0 aliphatic heterocycles. The van der Waals surface area contributed by atoms with Crippen LogP contribution in [0.15, 0.2) is 22.8 Å². The average Bonchev–Trinajstić information content (AvgIpc) is 2.70. The lowest BCUT2D eigenvalue weighted by Crippen LogP contribution is -2.53. The van der Waals surface area contributed by atoms with Gasteiger partial charge in [0, 0.05) is 0 Å². The van der Waals surface area contributed by atoms with Gasteiger partial charge in [0.25, 0.3) is 0 Å². The molecule has 0 aromatic carbocycles. The molecular formula is C31H54O. The van der Waals surface area contributed by atoms with Crippen LogP contribution in [-0.4, -0.2) is 11.2 Å². The van der Waals surface area contributed by atoms with Crippen LogP contribution in [0.3, 0.4) is 0 Å². The third kappa shape index (κ3) is 4.94. The summed E-state index contributed by atoms with van der Waals surface area (Å²) in [4.78, 5) is 0. The van der Waals surface area contributed by atoms with Crippen LogP contribution < -0.4 is 0 Å². The molecule has 1 unspecified atom stereocenters. The maximum absolute atomic E-state index is 10.8. The van der Waals surface area contributed by atoms with Gasteiger partial charge in [0.15, 0.2) is 0 Å². The molecular weight excluding hydrogens is 388 g/mol. The lowest BCUT2D eigenvalue weighted by Gasteiger charge is -2.60. The molecule has 6 atom stereocenters. The highest BCUT2D eigenvalue weighted by molar-refractivity contribution is 5.34. The first-order valence-electron chi connectivity index (χ1n) is 14.0. The number of aliphatic hydroxyl groups is 1. The molecule has 3 aliphatic rings. The van der Waals surface area contributed by atoms with Crippen molar-refractivity contribution in [3.63, 3.8) is 0 Å². The lowest BCUT2D eigenvalue weighted by molar-refractivity contribution is -0.0933. The van der Waals surface area contributed by atoms with E-state index < -0.39 is 0 Å². The zero-order valence-electron chi connectivity index (χ0n) is 22.8. The van der Waals surface area contributed by atoms with Crippen molar-refractivity contribution in [3.8, 4) is 0 Å². The van der Waals surface area contributed by atoms with Gasteiger partial charge in [0.2, 0.25) is 0 Å². The average molecular weight is 443 g/mol. The predicted molar refractivity (Wildman–Crippen MR) is 140 cm³/mol. The smallest absolute Gasteiger partial charge is 0.0594 e. The normalized spacial score (nSPS) is 37.5. The minimum Gasteiger partial charge on any atom is -0.393 e. The van der Waals surface area contributed by atoms with Crippen LogP contribution in [0, 0.1) is 34.0 Å². The fourth-order valence-corrected chi connectivity index (χ4v) is 8.47. The summed E-state index contributed by atoms with van der Waals surface area (Å²) >= 11 is 0. The summed E-state index contributed by atoms with van der Waals surface area (Å²) < 4.78 is 0. The van der Waals surface area contributed by atoms with E-state index in [0.717, 1.165) is 18.3 Å². The molecule has 3 aliphatic carbocycles. The SMILES string of the molecule is CCCCC1C2=C(CC[C@]1(C)C[C@H](C)CCC=C(C)C)[C@@]1(C)CC[C@H](O)C(C)(C)[C@@H]1CC2. The number of rotatable bonds is 8. The number of allylic oxidation sites excluding steroid dienone is 4. The summed E-state index contributed by atoms with van der Waals surface area (Å²) in [7, 11) is 0. The van der Waals surface area contributed by atoms with Crippen LogP contribution in [-0.2, 0) is 0 Å². The van der Waals surface area contributed by atoms with E-state index in [9.17, 15) is 5.11 Å². The Kier molecular flexibility index (Phi) is 8.12. The van der Waals surface area contributed by atoms with Gasteiger partial charge in [-0.05, 0) is 112 Å². The van der Waals surface area contributed by atoms with E-state index in [1.165, 1.54) is 76.2 Å². The Morgan fingerprint density at radius 1 is 1.09 bits per heavy atom. The Bertz CT molecular complexity index is 708. The summed E-state index contributed by atoms with van der Waals surface area (Å²) in [6.45, 7) is 19.3. The van der Waals surface area contributed by atoms with Crippen molar-refractivity contribution < 1.29 is 5.11 Å².